The lowest BCUT2D eigenvalue weighted by Crippen LogP contribution is -1.55. The van der Waals surface area contributed by atoms with Crippen molar-refractivity contribution >= 4 is 11.6 Å². The Hall–Kier alpha value is -0.430. The number of halogens is 1. The third kappa shape index (κ3) is 0.546. The average Bonchev–Trinajstić information content (AvgIpc) is 2.06. The van der Waals surface area contributed by atoms with Crippen LogP contribution < -0.4 is 0 Å². The maximum absolute atomic E-state index is 5.29. The molecule has 1 aliphatic rings. The lowest BCUT2D eigenvalue weighted by Gasteiger charge is -1.73. The monoisotopic (exact) mass is 102 g/mol. The van der Waals surface area contributed by atoms with E-state index in [0.29, 0.717) is 10.8 Å². The van der Waals surface area contributed by atoms with Crippen LogP contribution in [-0.2, 0) is 4.74 Å². The fourth-order valence-electron chi connectivity index (χ4n) is 0.157. The van der Waals surface area contributed by atoms with E-state index in [9.17, 15) is 0 Å². The molecule has 1 rings (SSSR count). The molecule has 0 saturated heterocycles. The van der Waals surface area contributed by atoms with Gasteiger partial charge in [-0.2, -0.15) is 0 Å². The summed E-state index contributed by atoms with van der Waals surface area (Å²) in [4.78, 5) is 0. The summed E-state index contributed by atoms with van der Waals surface area (Å²) in [6.45, 7) is 3.39. The van der Waals surface area contributed by atoms with Crippen molar-refractivity contribution < 1.29 is 4.74 Å². The van der Waals surface area contributed by atoms with Crippen LogP contribution in [0.15, 0.2) is 23.6 Å². The molecular weight excluding hydrogens is 99.5 g/mol. The summed E-state index contributed by atoms with van der Waals surface area (Å²) >= 11 is 5.29. The lowest BCUT2D eigenvalue weighted by molar-refractivity contribution is 0.514. The van der Waals surface area contributed by atoms with Crippen LogP contribution in [0.4, 0.5) is 0 Å². The SMILES string of the molecule is C=C(Cl)C1=CO1. The highest BCUT2D eigenvalue weighted by molar-refractivity contribution is 6.31. The second kappa shape index (κ2) is 1.02. The van der Waals surface area contributed by atoms with Crippen molar-refractivity contribution in [2.75, 3.05) is 0 Å². The lowest BCUT2D eigenvalue weighted by atomic mass is 10.6. The molecule has 6 heavy (non-hydrogen) atoms. The molecule has 0 aromatic carbocycles. The number of hydrogen-bond acceptors (Lipinski definition) is 1. The normalized spacial score (nSPS) is 15.2. The fraction of sp³-hybridized carbons (Fsp3) is 0. The Morgan fingerprint density at radius 3 is 2.50 bits per heavy atom. The molecule has 1 heterocycles. The van der Waals surface area contributed by atoms with E-state index in [1.807, 2.05) is 0 Å². The van der Waals surface area contributed by atoms with Gasteiger partial charge < -0.3 is 4.74 Å². The fourth-order valence-corrected chi connectivity index (χ4v) is 0.246. The van der Waals surface area contributed by atoms with Crippen molar-refractivity contribution in [2.45, 2.75) is 0 Å². The first-order valence-corrected chi connectivity index (χ1v) is 1.90. The average molecular weight is 103 g/mol. The Labute approximate surface area is 40.9 Å². The Morgan fingerprint density at radius 2 is 2.50 bits per heavy atom. The summed E-state index contributed by atoms with van der Waals surface area (Å²) < 4.78 is 4.53. The van der Waals surface area contributed by atoms with Crippen LogP contribution in [0.25, 0.3) is 0 Å². The minimum absolute atomic E-state index is 0.481. The Balaban J connectivity index is 2.52. The summed E-state index contributed by atoms with van der Waals surface area (Å²) in [7, 11) is 0. The van der Waals surface area contributed by atoms with E-state index < -0.39 is 0 Å². The van der Waals surface area contributed by atoms with Gasteiger partial charge >= 0.3 is 0 Å². The summed E-state index contributed by atoms with van der Waals surface area (Å²) in [6, 6.07) is 0. The molecular formula is C4H3ClO. The Kier molecular flexibility index (Phi) is 0.635. The van der Waals surface area contributed by atoms with E-state index in [1.54, 1.807) is 6.26 Å². The first-order chi connectivity index (χ1) is 2.80. The van der Waals surface area contributed by atoms with E-state index in [4.69, 9.17) is 11.6 Å². The number of hydrogen-bond donors (Lipinski definition) is 0. The second-order valence-corrected chi connectivity index (χ2v) is 1.46. The molecule has 32 valence electrons. The van der Waals surface area contributed by atoms with Crippen molar-refractivity contribution in [3.63, 3.8) is 0 Å². The van der Waals surface area contributed by atoms with Gasteiger partial charge in [0, 0.05) is 0 Å². The zero-order valence-corrected chi connectivity index (χ0v) is 3.83. The van der Waals surface area contributed by atoms with Gasteiger partial charge in [0.1, 0.15) is 6.26 Å². The molecule has 0 bridgehead atoms. The van der Waals surface area contributed by atoms with Crippen molar-refractivity contribution in [3.8, 4) is 0 Å². The van der Waals surface area contributed by atoms with Crippen LogP contribution in [0.2, 0.25) is 0 Å². The molecule has 0 atom stereocenters. The van der Waals surface area contributed by atoms with Gasteiger partial charge in [-0.05, 0) is 0 Å². The smallest absolute Gasteiger partial charge is 0.179 e. The Morgan fingerprint density at radius 1 is 2.00 bits per heavy atom. The standard InChI is InChI=1S/C4H3ClO/c1-3(5)4-2-6-4/h2H,1H2. The highest BCUT2D eigenvalue weighted by Crippen LogP contribution is 2.23. The van der Waals surface area contributed by atoms with Crippen molar-refractivity contribution in [1.29, 1.82) is 0 Å². The van der Waals surface area contributed by atoms with E-state index in [2.05, 4.69) is 11.3 Å². The topological polar surface area (TPSA) is 12.5 Å². The molecule has 0 aliphatic carbocycles. The number of rotatable bonds is 1. The number of ether oxygens (including phenoxy) is 1. The molecule has 0 spiro atoms. The van der Waals surface area contributed by atoms with Gasteiger partial charge in [-0.3, -0.25) is 0 Å². The minimum atomic E-state index is 0.481. The summed E-state index contributed by atoms with van der Waals surface area (Å²) in [6.07, 6.45) is 1.55. The maximum Gasteiger partial charge on any atom is 0.179 e. The van der Waals surface area contributed by atoms with Gasteiger partial charge in [0.25, 0.3) is 0 Å². The van der Waals surface area contributed by atoms with Gasteiger partial charge in [0.2, 0.25) is 0 Å². The second-order valence-electron chi connectivity index (χ2n) is 1.00. The Bertz CT molecular complexity index is 115. The summed E-state index contributed by atoms with van der Waals surface area (Å²) in [5.41, 5.74) is 0. The third-order valence-corrected chi connectivity index (χ3v) is 0.689. The molecule has 0 amide bonds. The van der Waals surface area contributed by atoms with E-state index >= 15 is 0 Å². The first-order valence-electron chi connectivity index (χ1n) is 1.52. The van der Waals surface area contributed by atoms with Gasteiger partial charge in [0.15, 0.2) is 5.76 Å². The van der Waals surface area contributed by atoms with E-state index in [-0.39, 0.29) is 0 Å². The first kappa shape index (κ1) is 3.75. The predicted molar refractivity (Wildman–Crippen MR) is 24.2 cm³/mol. The van der Waals surface area contributed by atoms with Gasteiger partial charge in [-0.1, -0.05) is 18.2 Å². The molecule has 0 saturated carbocycles. The zero-order chi connectivity index (χ0) is 4.57. The van der Waals surface area contributed by atoms with Crippen LogP contribution in [0.3, 0.4) is 0 Å². The molecule has 0 N–H and O–H groups in total. The molecule has 0 aromatic heterocycles. The van der Waals surface area contributed by atoms with Crippen molar-refractivity contribution in [1.82, 2.24) is 0 Å². The van der Waals surface area contributed by atoms with E-state index in [0.717, 1.165) is 0 Å². The van der Waals surface area contributed by atoms with Gasteiger partial charge in [-0.15, -0.1) is 0 Å². The van der Waals surface area contributed by atoms with Crippen LogP contribution in [0.5, 0.6) is 0 Å². The molecule has 0 aromatic rings. The van der Waals surface area contributed by atoms with Gasteiger partial charge in [0.05, 0.1) is 5.03 Å². The van der Waals surface area contributed by atoms with Crippen molar-refractivity contribution in [2.24, 2.45) is 0 Å². The minimum Gasteiger partial charge on any atom is -0.456 e. The quantitative estimate of drug-likeness (QED) is 0.490. The third-order valence-electron chi connectivity index (χ3n) is 0.503. The van der Waals surface area contributed by atoms with Crippen LogP contribution in [0, 0.1) is 0 Å². The van der Waals surface area contributed by atoms with E-state index in [1.165, 1.54) is 0 Å². The van der Waals surface area contributed by atoms with Crippen LogP contribution in [0.1, 0.15) is 0 Å². The molecule has 0 unspecified atom stereocenters. The molecule has 0 fully saturated rings. The van der Waals surface area contributed by atoms with Gasteiger partial charge in [-0.25, -0.2) is 0 Å². The molecule has 2 heteroatoms. The van der Waals surface area contributed by atoms with Crippen molar-refractivity contribution in [3.05, 3.63) is 23.6 Å². The van der Waals surface area contributed by atoms with Crippen LogP contribution >= 0.6 is 11.6 Å². The maximum atomic E-state index is 5.29. The molecule has 0 radical (unpaired) electrons. The molecule has 1 nitrogen and oxygen atoms in total. The highest BCUT2D eigenvalue weighted by atomic mass is 35.5. The molecule has 1 aliphatic heterocycles. The highest BCUT2D eigenvalue weighted by Gasteiger charge is 2.10. The largest absolute Gasteiger partial charge is 0.456 e. The summed E-state index contributed by atoms with van der Waals surface area (Å²) in [5, 5.41) is 0.481. The predicted octanol–water partition coefficient (Wildman–Crippen LogP) is 1.61. The number of allylic oxidation sites excluding steroid dienone is 1. The van der Waals surface area contributed by atoms with Crippen LogP contribution in [-0.4, -0.2) is 0 Å². The zero-order valence-electron chi connectivity index (χ0n) is 3.07. The summed E-state index contributed by atoms with van der Waals surface area (Å²) in [5.74, 6) is 0.705.